The number of aromatic nitrogens is 2. The van der Waals surface area contributed by atoms with E-state index in [2.05, 4.69) is 5.10 Å². The van der Waals surface area contributed by atoms with Gasteiger partial charge in [-0.2, -0.15) is 9.40 Å². The first-order valence-corrected chi connectivity index (χ1v) is 9.69. The van der Waals surface area contributed by atoms with Crippen LogP contribution in [0.3, 0.4) is 0 Å². The average Bonchev–Trinajstić information content (AvgIpc) is 3.02. The van der Waals surface area contributed by atoms with Crippen molar-refractivity contribution in [2.45, 2.75) is 43.0 Å². The van der Waals surface area contributed by atoms with Crippen molar-refractivity contribution in [2.75, 3.05) is 6.54 Å². The van der Waals surface area contributed by atoms with Crippen LogP contribution < -0.4 is 0 Å². The highest BCUT2D eigenvalue weighted by molar-refractivity contribution is 7.89. The number of rotatable bonds is 5. The van der Waals surface area contributed by atoms with Gasteiger partial charge in [-0.25, -0.2) is 8.42 Å². The van der Waals surface area contributed by atoms with Crippen LogP contribution in [0.4, 0.5) is 0 Å². The predicted octanol–water partition coefficient (Wildman–Crippen LogP) is 2.30. The second-order valence-corrected chi connectivity index (χ2v) is 8.21. The summed E-state index contributed by atoms with van der Waals surface area (Å²) >= 11 is 0. The molecule has 0 unspecified atom stereocenters. The summed E-state index contributed by atoms with van der Waals surface area (Å²) < 4.78 is 29.0. The van der Waals surface area contributed by atoms with Crippen LogP contribution in [0.15, 0.2) is 41.6 Å². The smallest absolute Gasteiger partial charge is 0.246 e. The zero-order valence-corrected chi connectivity index (χ0v) is 14.6. The van der Waals surface area contributed by atoms with Gasteiger partial charge < -0.3 is 5.11 Å². The van der Waals surface area contributed by atoms with Crippen molar-refractivity contribution in [1.29, 1.82) is 0 Å². The largest absolute Gasteiger partial charge is 0.508 e. The summed E-state index contributed by atoms with van der Waals surface area (Å²) in [5, 5.41) is 13.3. The van der Waals surface area contributed by atoms with Crippen LogP contribution in [0.2, 0.25) is 0 Å². The van der Waals surface area contributed by atoms with E-state index in [0.717, 1.165) is 37.7 Å². The monoisotopic (exact) mass is 349 g/mol. The number of phenolic OH excluding ortho intramolecular Hbond substituents is 1. The minimum atomic E-state index is -3.49. The van der Waals surface area contributed by atoms with Crippen molar-refractivity contribution >= 4 is 10.0 Å². The number of hydrogen-bond donors (Lipinski definition) is 1. The molecule has 1 atom stereocenters. The van der Waals surface area contributed by atoms with Crippen LogP contribution in [0, 0.1) is 0 Å². The molecule has 0 radical (unpaired) electrons. The minimum Gasteiger partial charge on any atom is -0.508 e. The number of hydrogen-bond acceptors (Lipinski definition) is 4. The van der Waals surface area contributed by atoms with Crippen molar-refractivity contribution in [3.8, 4) is 5.75 Å². The van der Waals surface area contributed by atoms with Gasteiger partial charge in [-0.1, -0.05) is 18.6 Å². The van der Waals surface area contributed by atoms with Gasteiger partial charge in [0.25, 0.3) is 0 Å². The molecule has 2 heterocycles. The van der Waals surface area contributed by atoms with Gasteiger partial charge in [-0.3, -0.25) is 4.68 Å². The second-order valence-electron chi connectivity index (χ2n) is 6.32. The van der Waals surface area contributed by atoms with E-state index in [9.17, 15) is 13.5 Å². The Hall–Kier alpha value is -1.86. The number of piperidine rings is 1. The second kappa shape index (κ2) is 6.94. The molecule has 24 heavy (non-hydrogen) atoms. The molecule has 1 fully saturated rings. The van der Waals surface area contributed by atoms with E-state index < -0.39 is 10.0 Å². The van der Waals surface area contributed by atoms with Gasteiger partial charge in [0.2, 0.25) is 10.0 Å². The van der Waals surface area contributed by atoms with E-state index >= 15 is 0 Å². The third kappa shape index (κ3) is 3.62. The Balaban J connectivity index is 1.74. The highest BCUT2D eigenvalue weighted by atomic mass is 32.2. The molecule has 6 nitrogen and oxygen atoms in total. The molecule has 0 bridgehead atoms. The number of nitrogens with zero attached hydrogens (tertiary/aromatic N) is 3. The molecule has 0 spiro atoms. The zero-order chi connectivity index (χ0) is 17.2. The molecule has 2 aromatic rings. The van der Waals surface area contributed by atoms with Crippen molar-refractivity contribution < 1.29 is 13.5 Å². The molecule has 1 N–H and O–H groups in total. The standard InChI is InChI=1S/C17H23N3O3S/c1-19-13-17(12-18-19)24(22,23)20-11-3-2-4-15(20)8-5-14-6-9-16(21)10-7-14/h6-7,9-10,12-13,15,21H,2-5,8,11H2,1H3/t15-/m1/s1. The van der Waals surface area contributed by atoms with Crippen molar-refractivity contribution in [3.05, 3.63) is 42.2 Å². The summed E-state index contributed by atoms with van der Waals surface area (Å²) in [4.78, 5) is 0.265. The first kappa shape index (κ1) is 17.0. The molecule has 0 aliphatic carbocycles. The highest BCUT2D eigenvalue weighted by Gasteiger charge is 2.33. The Morgan fingerprint density at radius 1 is 1.25 bits per heavy atom. The lowest BCUT2D eigenvalue weighted by Crippen LogP contribution is -2.43. The topological polar surface area (TPSA) is 75.4 Å². The molecule has 0 saturated carbocycles. The van der Waals surface area contributed by atoms with Crippen molar-refractivity contribution in [3.63, 3.8) is 0 Å². The fourth-order valence-electron chi connectivity index (χ4n) is 3.24. The molecular weight excluding hydrogens is 326 g/mol. The summed E-state index contributed by atoms with van der Waals surface area (Å²) in [7, 11) is -1.77. The van der Waals surface area contributed by atoms with Crippen molar-refractivity contribution in [2.24, 2.45) is 7.05 Å². The van der Waals surface area contributed by atoms with Crippen LogP contribution >= 0.6 is 0 Å². The zero-order valence-electron chi connectivity index (χ0n) is 13.8. The first-order chi connectivity index (χ1) is 11.5. The lowest BCUT2D eigenvalue weighted by molar-refractivity contribution is 0.241. The summed E-state index contributed by atoms with van der Waals surface area (Å²) in [6, 6.07) is 7.12. The first-order valence-electron chi connectivity index (χ1n) is 8.25. The number of benzene rings is 1. The van der Waals surface area contributed by atoms with Gasteiger partial charge in [0.05, 0.1) is 6.20 Å². The molecule has 1 saturated heterocycles. The van der Waals surface area contributed by atoms with Crippen LogP contribution in [0.25, 0.3) is 0 Å². The molecular formula is C17H23N3O3S. The Labute approximate surface area is 142 Å². The van der Waals surface area contributed by atoms with E-state index in [1.807, 2.05) is 12.1 Å². The van der Waals surface area contributed by atoms with E-state index in [-0.39, 0.29) is 16.7 Å². The van der Waals surface area contributed by atoms with E-state index in [1.54, 1.807) is 29.7 Å². The van der Waals surface area contributed by atoms with E-state index in [4.69, 9.17) is 0 Å². The summed E-state index contributed by atoms with van der Waals surface area (Å²) in [6.07, 6.45) is 7.39. The average molecular weight is 349 g/mol. The van der Waals surface area contributed by atoms with Crippen LogP contribution in [-0.2, 0) is 23.5 Å². The van der Waals surface area contributed by atoms with Gasteiger partial charge in [-0.05, 0) is 43.4 Å². The molecule has 1 aliphatic rings. The Kier molecular flexibility index (Phi) is 4.91. The third-order valence-electron chi connectivity index (χ3n) is 4.56. The molecule has 1 aromatic carbocycles. The highest BCUT2D eigenvalue weighted by Crippen LogP contribution is 2.28. The van der Waals surface area contributed by atoms with Crippen LogP contribution in [-0.4, -0.2) is 40.2 Å². The summed E-state index contributed by atoms with van der Waals surface area (Å²) in [5.41, 5.74) is 1.11. The van der Waals surface area contributed by atoms with Crippen molar-refractivity contribution in [1.82, 2.24) is 14.1 Å². The molecule has 1 aliphatic heterocycles. The maximum atomic E-state index is 12.9. The lowest BCUT2D eigenvalue weighted by atomic mass is 9.98. The Bertz CT molecular complexity index is 784. The summed E-state index contributed by atoms with van der Waals surface area (Å²) in [6.45, 7) is 0.567. The van der Waals surface area contributed by atoms with E-state index in [1.165, 1.54) is 10.9 Å². The maximum absolute atomic E-state index is 12.9. The maximum Gasteiger partial charge on any atom is 0.246 e. The van der Waals surface area contributed by atoms with Crippen LogP contribution in [0.5, 0.6) is 5.75 Å². The normalized spacial score (nSPS) is 19.5. The fourth-order valence-corrected chi connectivity index (χ4v) is 4.95. The predicted molar refractivity (Wildman–Crippen MR) is 91.2 cm³/mol. The fraction of sp³-hybridized carbons (Fsp3) is 0.471. The minimum absolute atomic E-state index is 0.0118. The molecule has 0 amide bonds. The molecule has 3 rings (SSSR count). The SMILES string of the molecule is Cn1cc(S(=O)(=O)N2CCCC[C@@H]2CCc2ccc(O)cc2)cn1. The van der Waals surface area contributed by atoms with Gasteiger partial charge in [0.1, 0.15) is 10.6 Å². The number of aromatic hydroxyl groups is 1. The van der Waals surface area contributed by atoms with E-state index in [0.29, 0.717) is 6.54 Å². The molecule has 7 heteroatoms. The van der Waals surface area contributed by atoms with Gasteiger partial charge in [0.15, 0.2) is 0 Å². The third-order valence-corrected chi connectivity index (χ3v) is 6.47. The number of phenols is 1. The Morgan fingerprint density at radius 2 is 2.00 bits per heavy atom. The molecule has 130 valence electrons. The van der Waals surface area contributed by atoms with Gasteiger partial charge in [-0.15, -0.1) is 0 Å². The van der Waals surface area contributed by atoms with Gasteiger partial charge >= 0.3 is 0 Å². The number of sulfonamides is 1. The summed E-state index contributed by atoms with van der Waals surface area (Å²) in [5.74, 6) is 0.247. The lowest BCUT2D eigenvalue weighted by Gasteiger charge is -2.34. The van der Waals surface area contributed by atoms with Crippen LogP contribution in [0.1, 0.15) is 31.2 Å². The number of aryl methyl sites for hydroxylation is 2. The Morgan fingerprint density at radius 3 is 2.67 bits per heavy atom. The molecule has 1 aromatic heterocycles. The quantitative estimate of drug-likeness (QED) is 0.899. The van der Waals surface area contributed by atoms with Gasteiger partial charge in [0, 0.05) is 25.8 Å².